The molecule has 0 fully saturated rings. The number of halogens is 1. The second-order valence-electron chi connectivity index (χ2n) is 4.05. The maximum absolute atomic E-state index is 3.59. The number of hydrogen-bond donors (Lipinski definition) is 2. The molecule has 0 aliphatic carbocycles. The van der Waals surface area contributed by atoms with E-state index in [0.717, 1.165) is 6.54 Å². The number of nitrogens with one attached hydrogen (secondary N) is 2. The van der Waals surface area contributed by atoms with Crippen LogP contribution in [0.4, 0.5) is 11.4 Å². The molecule has 0 spiro atoms. The van der Waals surface area contributed by atoms with Crippen LogP contribution in [-0.4, -0.2) is 12.6 Å². The number of unbranched alkanes of at least 4 members (excludes halogenated alkanes) is 1. The van der Waals surface area contributed by atoms with E-state index < -0.39 is 0 Å². The Labute approximate surface area is 105 Å². The molecule has 0 aromatic heterocycles. The van der Waals surface area contributed by atoms with E-state index in [9.17, 15) is 0 Å². The smallest absolute Gasteiger partial charge is 0.0587 e. The van der Waals surface area contributed by atoms with Crippen molar-refractivity contribution in [2.45, 2.75) is 32.2 Å². The van der Waals surface area contributed by atoms with E-state index in [4.69, 9.17) is 0 Å². The maximum atomic E-state index is 3.59. The van der Waals surface area contributed by atoms with Gasteiger partial charge in [0.1, 0.15) is 0 Å². The van der Waals surface area contributed by atoms with Crippen LogP contribution in [0.2, 0.25) is 0 Å². The van der Waals surface area contributed by atoms with Gasteiger partial charge in [-0.2, -0.15) is 0 Å². The summed E-state index contributed by atoms with van der Waals surface area (Å²) in [6, 6.07) is 7.11. The van der Waals surface area contributed by atoms with E-state index in [2.05, 4.69) is 58.3 Å². The van der Waals surface area contributed by atoms with Gasteiger partial charge in [-0.25, -0.2) is 0 Å². The SMILES string of the molecule is CCCCC1CNc2cc(I)ccc2N1. The minimum absolute atomic E-state index is 0.595. The Kier molecular flexibility index (Phi) is 3.72. The number of fused-ring (bicyclic) bond motifs is 1. The molecular weight excluding hydrogens is 299 g/mol. The zero-order chi connectivity index (χ0) is 10.7. The third-order valence-corrected chi connectivity index (χ3v) is 3.46. The summed E-state index contributed by atoms with van der Waals surface area (Å²) in [4.78, 5) is 0. The van der Waals surface area contributed by atoms with Crippen LogP contribution in [0.5, 0.6) is 0 Å². The molecule has 1 atom stereocenters. The molecule has 1 aromatic rings. The summed E-state index contributed by atoms with van der Waals surface area (Å²) < 4.78 is 1.28. The van der Waals surface area contributed by atoms with Crippen molar-refractivity contribution in [2.24, 2.45) is 0 Å². The molecule has 1 aliphatic rings. The van der Waals surface area contributed by atoms with Crippen molar-refractivity contribution in [1.29, 1.82) is 0 Å². The van der Waals surface area contributed by atoms with Gasteiger partial charge >= 0.3 is 0 Å². The van der Waals surface area contributed by atoms with Crippen LogP contribution in [0.3, 0.4) is 0 Å². The van der Waals surface area contributed by atoms with Crippen molar-refractivity contribution in [3.63, 3.8) is 0 Å². The molecule has 1 aromatic carbocycles. The van der Waals surface area contributed by atoms with Crippen LogP contribution in [0, 0.1) is 3.57 Å². The lowest BCUT2D eigenvalue weighted by Crippen LogP contribution is -2.32. The van der Waals surface area contributed by atoms with Crippen molar-refractivity contribution >= 4 is 34.0 Å². The Morgan fingerprint density at radius 3 is 3.07 bits per heavy atom. The van der Waals surface area contributed by atoms with Crippen molar-refractivity contribution in [3.8, 4) is 0 Å². The summed E-state index contributed by atoms with van der Waals surface area (Å²) in [6.07, 6.45) is 3.84. The monoisotopic (exact) mass is 316 g/mol. The van der Waals surface area contributed by atoms with Crippen LogP contribution in [0.25, 0.3) is 0 Å². The minimum Gasteiger partial charge on any atom is -0.381 e. The molecule has 2 rings (SSSR count). The molecule has 1 unspecified atom stereocenters. The molecule has 82 valence electrons. The van der Waals surface area contributed by atoms with Gasteiger partial charge < -0.3 is 10.6 Å². The molecule has 0 amide bonds. The normalized spacial score (nSPS) is 18.9. The Morgan fingerprint density at radius 1 is 1.40 bits per heavy atom. The highest BCUT2D eigenvalue weighted by molar-refractivity contribution is 14.1. The summed E-state index contributed by atoms with van der Waals surface area (Å²) in [5.74, 6) is 0. The highest BCUT2D eigenvalue weighted by atomic mass is 127. The van der Waals surface area contributed by atoms with Gasteiger partial charge in [-0.3, -0.25) is 0 Å². The van der Waals surface area contributed by atoms with Crippen molar-refractivity contribution in [1.82, 2.24) is 0 Å². The Bertz CT molecular complexity index is 338. The highest BCUT2D eigenvalue weighted by Crippen LogP contribution is 2.28. The number of rotatable bonds is 3. The van der Waals surface area contributed by atoms with E-state index in [1.807, 2.05) is 0 Å². The van der Waals surface area contributed by atoms with Crippen molar-refractivity contribution in [2.75, 3.05) is 17.2 Å². The zero-order valence-corrected chi connectivity index (χ0v) is 11.2. The van der Waals surface area contributed by atoms with Gasteiger partial charge in [-0.1, -0.05) is 19.8 Å². The number of anilines is 2. The molecular formula is C12H17IN2. The molecule has 2 N–H and O–H groups in total. The molecule has 0 bridgehead atoms. The molecule has 3 heteroatoms. The van der Waals surface area contributed by atoms with Gasteiger partial charge in [0.15, 0.2) is 0 Å². The van der Waals surface area contributed by atoms with Gasteiger partial charge in [0, 0.05) is 16.2 Å². The van der Waals surface area contributed by atoms with Gasteiger partial charge in [0.2, 0.25) is 0 Å². The van der Waals surface area contributed by atoms with E-state index in [1.54, 1.807) is 0 Å². The summed E-state index contributed by atoms with van der Waals surface area (Å²) in [6.45, 7) is 3.29. The summed E-state index contributed by atoms with van der Waals surface area (Å²) in [5, 5.41) is 7.09. The average Bonchev–Trinajstić information content (AvgIpc) is 2.26. The van der Waals surface area contributed by atoms with Crippen molar-refractivity contribution < 1.29 is 0 Å². The van der Waals surface area contributed by atoms with Gasteiger partial charge in [0.25, 0.3) is 0 Å². The number of hydrogen-bond acceptors (Lipinski definition) is 2. The quantitative estimate of drug-likeness (QED) is 0.831. The fourth-order valence-electron chi connectivity index (χ4n) is 1.92. The molecule has 2 nitrogen and oxygen atoms in total. The summed E-state index contributed by atoms with van der Waals surface area (Å²) >= 11 is 2.35. The lowest BCUT2D eigenvalue weighted by atomic mass is 10.1. The zero-order valence-electron chi connectivity index (χ0n) is 9.02. The lowest BCUT2D eigenvalue weighted by Gasteiger charge is -2.28. The first kappa shape index (κ1) is 11.0. The minimum atomic E-state index is 0.595. The third-order valence-electron chi connectivity index (χ3n) is 2.79. The molecule has 15 heavy (non-hydrogen) atoms. The van der Waals surface area contributed by atoms with Gasteiger partial charge in [-0.05, 0) is 47.2 Å². The molecule has 1 aliphatic heterocycles. The first-order valence-electron chi connectivity index (χ1n) is 5.59. The van der Waals surface area contributed by atoms with Gasteiger partial charge in [-0.15, -0.1) is 0 Å². The summed E-state index contributed by atoms with van der Waals surface area (Å²) in [5.41, 5.74) is 2.50. The van der Waals surface area contributed by atoms with Crippen LogP contribution >= 0.6 is 22.6 Å². The Hall–Kier alpha value is -0.450. The van der Waals surface area contributed by atoms with Crippen LogP contribution in [-0.2, 0) is 0 Å². The Morgan fingerprint density at radius 2 is 2.27 bits per heavy atom. The first-order valence-corrected chi connectivity index (χ1v) is 6.67. The molecule has 0 saturated heterocycles. The standard InChI is InChI=1S/C12H17IN2/c1-2-3-4-10-8-14-12-7-9(13)5-6-11(12)15-10/h5-7,10,14-15H,2-4,8H2,1H3. The fourth-order valence-corrected chi connectivity index (χ4v) is 2.41. The van der Waals surface area contributed by atoms with E-state index in [1.165, 1.54) is 34.2 Å². The molecule has 0 radical (unpaired) electrons. The average molecular weight is 316 g/mol. The van der Waals surface area contributed by atoms with E-state index >= 15 is 0 Å². The third kappa shape index (κ3) is 2.77. The summed E-state index contributed by atoms with van der Waals surface area (Å²) in [7, 11) is 0. The number of benzene rings is 1. The van der Waals surface area contributed by atoms with Gasteiger partial charge in [0.05, 0.1) is 11.4 Å². The van der Waals surface area contributed by atoms with Crippen LogP contribution in [0.1, 0.15) is 26.2 Å². The highest BCUT2D eigenvalue weighted by Gasteiger charge is 2.16. The lowest BCUT2D eigenvalue weighted by molar-refractivity contribution is 0.620. The first-order chi connectivity index (χ1) is 7.29. The molecule has 1 heterocycles. The predicted octanol–water partition coefficient (Wildman–Crippen LogP) is 3.69. The van der Waals surface area contributed by atoms with Crippen molar-refractivity contribution in [3.05, 3.63) is 21.8 Å². The van der Waals surface area contributed by atoms with E-state index in [0.29, 0.717) is 6.04 Å². The topological polar surface area (TPSA) is 24.1 Å². The van der Waals surface area contributed by atoms with Crippen LogP contribution < -0.4 is 10.6 Å². The second kappa shape index (κ2) is 5.05. The predicted molar refractivity (Wildman–Crippen MR) is 74.6 cm³/mol. The second-order valence-corrected chi connectivity index (χ2v) is 5.30. The fraction of sp³-hybridized carbons (Fsp3) is 0.500. The Balaban J connectivity index is 2.03. The molecule has 0 saturated carbocycles. The largest absolute Gasteiger partial charge is 0.381 e. The maximum Gasteiger partial charge on any atom is 0.0587 e. The van der Waals surface area contributed by atoms with E-state index in [-0.39, 0.29) is 0 Å². The van der Waals surface area contributed by atoms with Crippen LogP contribution in [0.15, 0.2) is 18.2 Å².